The van der Waals surface area contributed by atoms with E-state index in [2.05, 4.69) is 0 Å². The summed E-state index contributed by atoms with van der Waals surface area (Å²) in [6.45, 7) is -0.311. The molecule has 0 amide bonds. The summed E-state index contributed by atoms with van der Waals surface area (Å²) < 4.78 is 15.0. The smallest absolute Gasteiger partial charge is 0.114 e. The summed E-state index contributed by atoms with van der Waals surface area (Å²) in [4.78, 5) is 0. The second kappa shape index (κ2) is 7.98. The first-order valence-corrected chi connectivity index (χ1v) is 4.63. The molecule has 0 aliphatic rings. The number of aliphatic hydroxyl groups excluding tert-OH is 3. The first kappa shape index (κ1) is 14.8. The van der Waals surface area contributed by atoms with Gasteiger partial charge in [-0.15, -0.1) is 0 Å². The third-order valence-electron chi connectivity index (χ3n) is 2.19. The summed E-state index contributed by atoms with van der Waals surface area (Å²) in [6, 6.07) is 0. The van der Waals surface area contributed by atoms with Gasteiger partial charge in [0.2, 0.25) is 0 Å². The lowest BCUT2D eigenvalue weighted by molar-refractivity contribution is -0.148. The highest BCUT2D eigenvalue weighted by Crippen LogP contribution is 2.11. The molecule has 0 aliphatic carbocycles. The van der Waals surface area contributed by atoms with E-state index in [0.29, 0.717) is 0 Å². The van der Waals surface area contributed by atoms with Crippen LogP contribution in [0.3, 0.4) is 0 Å². The van der Waals surface area contributed by atoms with Crippen molar-refractivity contribution in [2.24, 2.45) is 0 Å². The minimum atomic E-state index is -1.26. The Bertz CT molecular complexity index is 152. The topological polar surface area (TPSA) is 88.4 Å². The van der Waals surface area contributed by atoms with Crippen LogP contribution in [0.2, 0.25) is 0 Å². The average Bonchev–Trinajstić information content (AvgIpc) is 2.27. The highest BCUT2D eigenvalue weighted by atomic mass is 16.6. The van der Waals surface area contributed by atoms with Crippen molar-refractivity contribution in [1.29, 1.82) is 0 Å². The fourth-order valence-electron chi connectivity index (χ4n) is 1.30. The second-order valence-corrected chi connectivity index (χ2v) is 3.17. The minimum absolute atomic E-state index is 0.226. The van der Waals surface area contributed by atoms with Crippen LogP contribution in [0.4, 0.5) is 0 Å². The molecule has 4 atom stereocenters. The van der Waals surface area contributed by atoms with E-state index in [0.717, 1.165) is 0 Å². The van der Waals surface area contributed by atoms with Crippen molar-refractivity contribution < 1.29 is 29.5 Å². The van der Waals surface area contributed by atoms with Crippen molar-refractivity contribution in [1.82, 2.24) is 0 Å². The Morgan fingerprint density at radius 2 is 1.67 bits per heavy atom. The maximum absolute atomic E-state index is 9.64. The molecule has 6 nitrogen and oxygen atoms in total. The largest absolute Gasteiger partial charge is 0.394 e. The summed E-state index contributed by atoms with van der Waals surface area (Å²) in [5.41, 5.74) is 0. The third kappa shape index (κ3) is 4.42. The molecular weight excluding hydrogens is 204 g/mol. The molecule has 15 heavy (non-hydrogen) atoms. The van der Waals surface area contributed by atoms with E-state index >= 15 is 0 Å². The third-order valence-corrected chi connectivity index (χ3v) is 2.19. The number of ether oxygens (including phenoxy) is 3. The maximum atomic E-state index is 9.64. The van der Waals surface area contributed by atoms with Gasteiger partial charge < -0.3 is 29.5 Å². The van der Waals surface area contributed by atoms with Crippen LogP contribution in [0.1, 0.15) is 0 Å². The van der Waals surface area contributed by atoms with Crippen LogP contribution in [0.25, 0.3) is 0 Å². The SMILES string of the molecule is COC[C@H](OC)[C@@H](OC)[C@H](O)[C@H](O)CO. The van der Waals surface area contributed by atoms with Gasteiger partial charge in [0.25, 0.3) is 0 Å². The molecule has 0 saturated heterocycles. The molecule has 6 heteroatoms. The Kier molecular flexibility index (Phi) is 7.85. The van der Waals surface area contributed by atoms with Crippen LogP contribution >= 0.6 is 0 Å². The summed E-state index contributed by atoms with van der Waals surface area (Å²) in [5.74, 6) is 0. The molecule has 3 N–H and O–H groups in total. The highest BCUT2D eigenvalue weighted by Gasteiger charge is 2.32. The normalized spacial score (nSPS) is 19.6. The van der Waals surface area contributed by atoms with E-state index in [9.17, 15) is 10.2 Å². The van der Waals surface area contributed by atoms with Crippen molar-refractivity contribution >= 4 is 0 Å². The Morgan fingerprint density at radius 1 is 1.07 bits per heavy atom. The molecule has 0 unspecified atom stereocenters. The molecule has 0 saturated carbocycles. The minimum Gasteiger partial charge on any atom is -0.394 e. The molecule has 92 valence electrons. The van der Waals surface area contributed by atoms with Gasteiger partial charge in [0.15, 0.2) is 0 Å². The van der Waals surface area contributed by atoms with Crippen LogP contribution in [-0.2, 0) is 14.2 Å². The monoisotopic (exact) mass is 224 g/mol. The number of methoxy groups -OCH3 is 3. The van der Waals surface area contributed by atoms with E-state index in [1.807, 2.05) is 0 Å². The van der Waals surface area contributed by atoms with E-state index < -0.39 is 31.0 Å². The van der Waals surface area contributed by atoms with Gasteiger partial charge >= 0.3 is 0 Å². The van der Waals surface area contributed by atoms with Gasteiger partial charge in [-0.25, -0.2) is 0 Å². The van der Waals surface area contributed by atoms with Gasteiger partial charge in [0, 0.05) is 21.3 Å². The van der Waals surface area contributed by atoms with Gasteiger partial charge in [0.05, 0.1) is 13.2 Å². The van der Waals surface area contributed by atoms with Gasteiger partial charge in [-0.3, -0.25) is 0 Å². The fourth-order valence-corrected chi connectivity index (χ4v) is 1.30. The fraction of sp³-hybridized carbons (Fsp3) is 1.00. The molecule has 0 aliphatic heterocycles. The van der Waals surface area contributed by atoms with Crippen LogP contribution in [0, 0.1) is 0 Å². The predicted molar refractivity (Wildman–Crippen MR) is 52.6 cm³/mol. The Balaban J connectivity index is 4.41. The van der Waals surface area contributed by atoms with Crippen molar-refractivity contribution in [3.8, 4) is 0 Å². The van der Waals surface area contributed by atoms with Crippen molar-refractivity contribution in [2.75, 3.05) is 34.5 Å². The second-order valence-electron chi connectivity index (χ2n) is 3.17. The van der Waals surface area contributed by atoms with E-state index in [1.165, 1.54) is 21.3 Å². The maximum Gasteiger partial charge on any atom is 0.114 e. The lowest BCUT2D eigenvalue weighted by Gasteiger charge is -2.30. The molecule has 0 fully saturated rings. The molecule has 0 bridgehead atoms. The zero-order valence-corrected chi connectivity index (χ0v) is 9.29. The van der Waals surface area contributed by atoms with Crippen molar-refractivity contribution in [2.45, 2.75) is 24.4 Å². The molecule has 0 spiro atoms. The van der Waals surface area contributed by atoms with Crippen molar-refractivity contribution in [3.05, 3.63) is 0 Å². The number of aliphatic hydroxyl groups is 3. The van der Waals surface area contributed by atoms with E-state index in [-0.39, 0.29) is 6.61 Å². The first-order valence-electron chi connectivity index (χ1n) is 4.63. The zero-order valence-electron chi connectivity index (χ0n) is 9.29. The lowest BCUT2D eigenvalue weighted by atomic mass is 10.0. The van der Waals surface area contributed by atoms with Crippen LogP contribution in [0.15, 0.2) is 0 Å². The Hall–Kier alpha value is -0.240. The Labute approximate surface area is 89.4 Å². The summed E-state index contributed by atoms with van der Waals surface area (Å²) >= 11 is 0. The van der Waals surface area contributed by atoms with Gasteiger partial charge in [-0.1, -0.05) is 0 Å². The van der Waals surface area contributed by atoms with Crippen LogP contribution in [0.5, 0.6) is 0 Å². The quantitative estimate of drug-likeness (QED) is 0.459. The number of hydrogen-bond donors (Lipinski definition) is 3. The van der Waals surface area contributed by atoms with Crippen LogP contribution in [-0.4, -0.2) is 74.3 Å². The van der Waals surface area contributed by atoms with Gasteiger partial charge in [0.1, 0.15) is 24.4 Å². The standard InChI is InChI=1S/C9H20O6/c1-13-5-7(14-2)9(15-3)8(12)6(11)4-10/h6-12H,4-5H2,1-3H3/t6-,7+,8-,9-/m1/s1. The molecule has 0 aromatic carbocycles. The number of rotatable bonds is 8. The summed E-state index contributed by atoms with van der Waals surface area (Å²) in [7, 11) is 4.33. The summed E-state index contributed by atoms with van der Waals surface area (Å²) in [6.07, 6.45) is -3.74. The van der Waals surface area contributed by atoms with E-state index in [1.54, 1.807) is 0 Å². The van der Waals surface area contributed by atoms with Crippen LogP contribution < -0.4 is 0 Å². The summed E-state index contributed by atoms with van der Waals surface area (Å²) in [5, 5.41) is 27.6. The first-order chi connectivity index (χ1) is 7.12. The lowest BCUT2D eigenvalue weighted by Crippen LogP contribution is -2.49. The zero-order chi connectivity index (χ0) is 11.8. The molecule has 0 aromatic rings. The van der Waals surface area contributed by atoms with Gasteiger partial charge in [-0.2, -0.15) is 0 Å². The molecule has 0 aromatic heterocycles. The Morgan fingerprint density at radius 3 is 2.00 bits per heavy atom. The molecular formula is C9H20O6. The highest BCUT2D eigenvalue weighted by molar-refractivity contribution is 4.82. The van der Waals surface area contributed by atoms with Gasteiger partial charge in [-0.05, 0) is 0 Å². The number of hydrogen-bond acceptors (Lipinski definition) is 6. The molecule has 0 radical (unpaired) electrons. The van der Waals surface area contributed by atoms with E-state index in [4.69, 9.17) is 19.3 Å². The predicted octanol–water partition coefficient (Wildman–Crippen LogP) is -1.62. The average molecular weight is 224 g/mol. The molecule has 0 rings (SSSR count). The molecule has 0 heterocycles. The van der Waals surface area contributed by atoms with Crippen molar-refractivity contribution in [3.63, 3.8) is 0 Å².